The molecule has 4 N–H and O–H groups in total. The van der Waals surface area contributed by atoms with Gasteiger partial charge in [0.2, 0.25) is 0 Å². The molecule has 0 radical (unpaired) electrons. The van der Waals surface area contributed by atoms with Gasteiger partial charge in [-0.15, -0.1) is 17.0 Å². The zero-order valence-electron chi connectivity index (χ0n) is 18.3. The standard InChI is InChI=1S/C10H15N.C6H6BrN.C4H9.BrH.2ClH.Mg.Zn.H/c1-8(2)7-9-5-3-4-6-10(9)11;7-5-3-1-2-4-6(5)8;1-4(2)3;;;;;;/h3-6,8H,7,11H2,1-2H3;1-4H,8H2;4H,1H2,2-3H3;3*1H;;;/q;;-1;;;;2*+2;-1/p-2. The van der Waals surface area contributed by atoms with Crippen LogP contribution in [-0.4, -0.2) is 23.1 Å². The van der Waals surface area contributed by atoms with Crippen LogP contribution in [0.25, 0.3) is 0 Å². The van der Waals surface area contributed by atoms with Crippen LogP contribution in [0.4, 0.5) is 11.4 Å². The van der Waals surface area contributed by atoms with Gasteiger partial charge in [0.05, 0.1) is 0 Å². The molecule has 8 heteroatoms. The average molecular weight is 621 g/mol. The molecule has 0 unspecified atom stereocenters. The second-order valence-corrected chi connectivity index (χ2v) is 11.8. The Balaban J connectivity index is -0.0000000951. The minimum atomic E-state index is -0.931. The van der Waals surface area contributed by atoms with Gasteiger partial charge < -0.3 is 19.8 Å². The molecule has 0 atom stereocenters. The fourth-order valence-electron chi connectivity index (χ4n) is 1.64. The predicted octanol–water partition coefficient (Wildman–Crippen LogP) is 7.66. The van der Waals surface area contributed by atoms with Crippen LogP contribution in [0.15, 0.2) is 53.0 Å². The maximum absolute atomic E-state index is 5.77. The summed E-state index contributed by atoms with van der Waals surface area (Å²) in [6, 6.07) is 15.7. The molecule has 0 spiro atoms. The minimum absolute atomic E-state index is 0. The van der Waals surface area contributed by atoms with Crippen molar-refractivity contribution >= 4 is 86.7 Å². The van der Waals surface area contributed by atoms with Crippen molar-refractivity contribution in [1.82, 2.24) is 0 Å². The molecule has 2 rings (SSSR count). The van der Waals surface area contributed by atoms with Gasteiger partial charge >= 0.3 is 57.6 Å². The molecule has 0 fully saturated rings. The molecule has 0 aliphatic carbocycles. The van der Waals surface area contributed by atoms with Gasteiger partial charge in [0.25, 0.3) is 0 Å². The minimum Gasteiger partial charge on any atom is -1.00 e. The van der Waals surface area contributed by atoms with Gasteiger partial charge in [-0.2, -0.15) is 5.92 Å². The number of hydrogen-bond acceptors (Lipinski definition) is 2. The number of nitrogens with two attached hydrogens (primary N) is 2. The van der Waals surface area contributed by atoms with E-state index in [2.05, 4.69) is 56.6 Å². The number of anilines is 2. The Morgan fingerprint density at radius 1 is 0.964 bits per heavy atom. The Kier molecular flexibility index (Phi) is 31.5. The molecule has 2 aromatic carbocycles. The fraction of sp³-hybridized carbons (Fsp3) is 0.350. The third-order valence-electron chi connectivity index (χ3n) is 2.59. The zero-order chi connectivity index (χ0) is 20.5. The van der Waals surface area contributed by atoms with Gasteiger partial charge in [-0.25, -0.2) is 0 Å². The third kappa shape index (κ3) is 25.0. The molecule has 2 nitrogen and oxygen atoms in total. The summed E-state index contributed by atoms with van der Waals surface area (Å²) in [5.74, 6) is 1.26. The zero-order valence-corrected chi connectivity index (χ0v) is 26.5. The first-order chi connectivity index (χ1) is 12.1. The molecule has 154 valence electrons. The van der Waals surface area contributed by atoms with Crippen LogP contribution < -0.4 is 11.5 Å². The van der Waals surface area contributed by atoms with Crippen LogP contribution in [0.5, 0.6) is 0 Å². The van der Waals surface area contributed by atoms with E-state index >= 15 is 0 Å². The van der Waals surface area contributed by atoms with E-state index in [1.165, 1.54) is 5.56 Å². The van der Waals surface area contributed by atoms with E-state index in [9.17, 15) is 0 Å². The van der Waals surface area contributed by atoms with Gasteiger partial charge in [-0.05, 0) is 52.0 Å². The van der Waals surface area contributed by atoms with E-state index in [1.807, 2.05) is 42.5 Å². The van der Waals surface area contributed by atoms with Crippen molar-refractivity contribution in [3.8, 4) is 0 Å². The number of benzene rings is 2. The summed E-state index contributed by atoms with van der Waals surface area (Å²) >= 11 is 2.34. The summed E-state index contributed by atoms with van der Waals surface area (Å²) in [7, 11) is 9.90. The van der Waals surface area contributed by atoms with E-state index in [4.69, 9.17) is 30.8 Å². The van der Waals surface area contributed by atoms with E-state index < -0.39 is 15.1 Å². The Labute approximate surface area is 224 Å². The fourth-order valence-corrected chi connectivity index (χ4v) is 1.92. The summed E-state index contributed by atoms with van der Waals surface area (Å²) < 4.78 is 0.958. The summed E-state index contributed by atoms with van der Waals surface area (Å²) in [4.78, 5) is 0. The smallest absolute Gasteiger partial charge is 1.00 e. The van der Waals surface area contributed by atoms with Crippen LogP contribution in [0, 0.1) is 18.8 Å². The largest absolute Gasteiger partial charge is 2.00 e. The summed E-state index contributed by atoms with van der Waals surface area (Å²) in [6.45, 7) is 12.2. The molecule has 0 saturated heterocycles. The van der Waals surface area contributed by atoms with Crippen molar-refractivity contribution < 1.29 is 16.6 Å². The molecule has 0 saturated carbocycles. The van der Waals surface area contributed by atoms with Crippen molar-refractivity contribution in [1.29, 1.82) is 0 Å². The van der Waals surface area contributed by atoms with Gasteiger partial charge in [-0.1, -0.05) is 58.0 Å². The summed E-state index contributed by atoms with van der Waals surface area (Å²) in [5, 5.41) is 0. The maximum Gasteiger partial charge on any atom is 2.00 e. The molecular weight excluding hydrogens is 589 g/mol. The Bertz CT molecular complexity index is 574. The van der Waals surface area contributed by atoms with Crippen LogP contribution >= 0.6 is 52.3 Å². The van der Waals surface area contributed by atoms with Gasteiger partial charge in [0.1, 0.15) is 0 Å². The third-order valence-corrected chi connectivity index (χ3v) is 3.31. The molecule has 0 aliphatic rings. The molecule has 28 heavy (non-hydrogen) atoms. The second kappa shape index (κ2) is 24.2. The number of para-hydroxylation sites is 2. The van der Waals surface area contributed by atoms with Crippen molar-refractivity contribution in [2.24, 2.45) is 11.8 Å². The van der Waals surface area contributed by atoms with Crippen molar-refractivity contribution in [2.45, 2.75) is 34.1 Å². The van der Waals surface area contributed by atoms with E-state index in [0.29, 0.717) is 11.8 Å². The topological polar surface area (TPSA) is 52.0 Å². The first-order valence-corrected chi connectivity index (χ1v) is 17.0. The Morgan fingerprint density at radius 3 is 1.61 bits per heavy atom. The van der Waals surface area contributed by atoms with Crippen LogP contribution in [0.1, 0.15) is 34.7 Å². The van der Waals surface area contributed by atoms with Gasteiger partial charge in [-0.3, -0.25) is 0 Å². The number of hydrogen-bond donors (Lipinski definition) is 2. The molecule has 0 aromatic heterocycles. The Hall–Kier alpha value is 0.970. The van der Waals surface area contributed by atoms with E-state index in [-0.39, 0.29) is 41.5 Å². The Morgan fingerprint density at radius 2 is 1.32 bits per heavy atom. The predicted molar refractivity (Wildman–Crippen MR) is 137 cm³/mol. The number of halogens is 4. The second-order valence-electron chi connectivity index (χ2n) is 6.31. The first kappa shape index (κ1) is 36.3. The number of rotatable bonds is 2. The van der Waals surface area contributed by atoms with E-state index in [1.54, 1.807) is 0 Å². The first-order valence-electron chi connectivity index (χ1n) is 8.44. The number of nitrogen functional groups attached to an aromatic ring is 2. The molecule has 0 heterocycles. The SMILES string of the molecule is Br.CC(C)Cc1ccccc1N.Nc1ccccc1Br.[CH2-]C(C)C.[Cl][Zn][Cl].[H-].[Mg+2]. The summed E-state index contributed by atoms with van der Waals surface area (Å²) in [5.41, 5.74) is 14.2. The monoisotopic (exact) mass is 616 g/mol. The normalized spacial score (nSPS) is 8.36. The van der Waals surface area contributed by atoms with Crippen LogP contribution in [-0.2, 0) is 21.6 Å². The molecule has 2 aromatic rings. The van der Waals surface area contributed by atoms with Crippen molar-refractivity contribution in [3.63, 3.8) is 0 Å². The summed E-state index contributed by atoms with van der Waals surface area (Å²) in [6.07, 6.45) is 1.08. The van der Waals surface area contributed by atoms with Crippen molar-refractivity contribution in [3.05, 3.63) is 65.5 Å². The molecule has 0 aliphatic heterocycles. The van der Waals surface area contributed by atoms with Crippen molar-refractivity contribution in [2.75, 3.05) is 11.5 Å². The van der Waals surface area contributed by atoms with Gasteiger partial charge in [0, 0.05) is 15.8 Å². The molecule has 0 bridgehead atoms. The maximum atomic E-state index is 5.77. The molecule has 0 amide bonds. The molecular formula is C20H32Br2Cl2MgN2Zn. The van der Waals surface area contributed by atoms with Gasteiger partial charge in [0.15, 0.2) is 0 Å². The quantitative estimate of drug-likeness (QED) is 0.206. The van der Waals surface area contributed by atoms with Crippen LogP contribution in [0.3, 0.4) is 0 Å². The average Bonchev–Trinajstić information content (AvgIpc) is 2.53. The van der Waals surface area contributed by atoms with Crippen LogP contribution in [0.2, 0.25) is 0 Å². The van der Waals surface area contributed by atoms with E-state index in [0.717, 1.165) is 22.3 Å².